The zero-order valence-electron chi connectivity index (χ0n) is 13.4. The average Bonchev–Trinajstić information content (AvgIpc) is 2.33. The Morgan fingerprint density at radius 3 is 1.90 bits per heavy atom. The highest BCUT2D eigenvalue weighted by atomic mass is 16.6. The second-order valence-corrected chi connectivity index (χ2v) is 5.69. The first-order valence-electron chi connectivity index (χ1n) is 6.78. The summed E-state index contributed by atoms with van der Waals surface area (Å²) in [4.78, 5) is 23.3. The van der Waals surface area contributed by atoms with Crippen molar-refractivity contribution in [2.24, 2.45) is 5.92 Å². The van der Waals surface area contributed by atoms with E-state index < -0.39 is 17.5 Å². The molecule has 0 aromatic heterocycles. The molecule has 0 saturated carbocycles. The first-order chi connectivity index (χ1) is 9.02. The number of carbonyl (C=O) groups is 2. The van der Waals surface area contributed by atoms with Crippen molar-refractivity contribution in [3.63, 3.8) is 0 Å². The van der Waals surface area contributed by atoms with E-state index in [4.69, 9.17) is 9.47 Å². The molecule has 0 aliphatic heterocycles. The molecule has 2 unspecified atom stereocenters. The van der Waals surface area contributed by atoms with Gasteiger partial charge in [-0.2, -0.15) is 0 Å². The molecule has 0 N–H and O–H groups in total. The number of hydrogen-bond donors (Lipinski definition) is 0. The van der Waals surface area contributed by atoms with Gasteiger partial charge in [-0.15, -0.1) is 0 Å². The third-order valence-electron chi connectivity index (χ3n) is 3.37. The van der Waals surface area contributed by atoms with Gasteiger partial charge in [0.25, 0.3) is 0 Å². The molecule has 0 spiro atoms. The quantitative estimate of drug-likeness (QED) is 0.530. The summed E-state index contributed by atoms with van der Waals surface area (Å²) in [6, 6.07) is 0. The molecule has 0 aliphatic carbocycles. The average molecular weight is 282 g/mol. The molecule has 0 bridgehead atoms. The topological polar surface area (TPSA) is 52.6 Å². The molecule has 4 nitrogen and oxygen atoms in total. The summed E-state index contributed by atoms with van der Waals surface area (Å²) in [5.41, 5.74) is -0.0591. The van der Waals surface area contributed by atoms with Crippen LogP contribution in [0, 0.1) is 5.92 Å². The lowest BCUT2D eigenvalue weighted by Crippen LogP contribution is -2.43. The monoisotopic (exact) mass is 282 g/mol. The first-order valence-corrected chi connectivity index (χ1v) is 6.78. The van der Waals surface area contributed by atoms with Crippen molar-refractivity contribution < 1.29 is 19.1 Å². The summed E-state index contributed by atoms with van der Waals surface area (Å²) < 4.78 is 10.8. The molecule has 2 atom stereocenters. The number of esters is 2. The molecule has 0 amide bonds. The summed E-state index contributed by atoms with van der Waals surface area (Å²) in [5.74, 6) is -1.02. The van der Waals surface area contributed by atoms with E-state index in [1.54, 1.807) is 27.7 Å². The fraction of sp³-hybridized carbons (Fsp3) is 0.625. The van der Waals surface area contributed by atoms with Crippen molar-refractivity contribution in [3.8, 4) is 0 Å². The fourth-order valence-corrected chi connectivity index (χ4v) is 1.64. The Hall–Kier alpha value is -1.58. The van der Waals surface area contributed by atoms with Crippen molar-refractivity contribution in [2.75, 3.05) is 0 Å². The lowest BCUT2D eigenvalue weighted by molar-refractivity contribution is -0.166. The van der Waals surface area contributed by atoms with Crippen LogP contribution in [0.15, 0.2) is 24.3 Å². The lowest BCUT2D eigenvalue weighted by Gasteiger charge is -2.36. The molecule has 0 rings (SSSR count). The SMILES string of the molecule is C=C(C)C(=O)OC(CC)C(C)C(C)(C)OC(=O)C(=C)C. The summed E-state index contributed by atoms with van der Waals surface area (Å²) in [6.07, 6.45) is 0.293. The van der Waals surface area contributed by atoms with Gasteiger partial charge in [0.1, 0.15) is 11.7 Å². The highest BCUT2D eigenvalue weighted by Crippen LogP contribution is 2.28. The van der Waals surface area contributed by atoms with Crippen molar-refractivity contribution in [1.82, 2.24) is 0 Å². The van der Waals surface area contributed by atoms with E-state index in [9.17, 15) is 9.59 Å². The molecule has 0 radical (unpaired) electrons. The van der Waals surface area contributed by atoms with Gasteiger partial charge in [0, 0.05) is 17.1 Å². The summed E-state index contributed by atoms with van der Waals surface area (Å²) in [7, 11) is 0. The molecule has 20 heavy (non-hydrogen) atoms. The zero-order chi connectivity index (χ0) is 16.1. The van der Waals surface area contributed by atoms with Crippen molar-refractivity contribution in [3.05, 3.63) is 24.3 Å². The fourth-order valence-electron chi connectivity index (χ4n) is 1.64. The van der Waals surface area contributed by atoms with E-state index in [2.05, 4.69) is 13.2 Å². The molecule has 0 aliphatic rings. The van der Waals surface area contributed by atoms with Crippen LogP contribution < -0.4 is 0 Å². The third kappa shape index (κ3) is 5.19. The van der Waals surface area contributed by atoms with Gasteiger partial charge in [0.2, 0.25) is 0 Å². The Balaban J connectivity index is 4.93. The second-order valence-electron chi connectivity index (χ2n) is 5.69. The predicted octanol–water partition coefficient (Wildman–Crippen LogP) is 3.42. The van der Waals surface area contributed by atoms with Crippen molar-refractivity contribution >= 4 is 11.9 Å². The highest BCUT2D eigenvalue weighted by Gasteiger charge is 2.37. The Kier molecular flexibility index (Phi) is 6.69. The molecule has 0 aromatic rings. The van der Waals surface area contributed by atoms with Gasteiger partial charge >= 0.3 is 11.9 Å². The maximum atomic E-state index is 11.7. The van der Waals surface area contributed by atoms with Crippen LogP contribution in [-0.2, 0) is 19.1 Å². The van der Waals surface area contributed by atoms with Crippen LogP contribution in [-0.4, -0.2) is 23.6 Å². The Labute approximate surface area is 121 Å². The Morgan fingerprint density at radius 2 is 1.55 bits per heavy atom. The molecule has 114 valence electrons. The van der Waals surface area contributed by atoms with E-state index in [1.165, 1.54) is 0 Å². The minimum Gasteiger partial charge on any atom is -0.459 e. The van der Waals surface area contributed by atoms with Gasteiger partial charge in [-0.1, -0.05) is 27.0 Å². The number of carbonyl (C=O) groups excluding carboxylic acids is 2. The normalized spacial score (nSPS) is 14.1. The second kappa shape index (κ2) is 7.27. The molecular formula is C16H26O4. The van der Waals surface area contributed by atoms with E-state index in [1.807, 2.05) is 13.8 Å². The van der Waals surface area contributed by atoms with Crippen LogP contribution in [0.3, 0.4) is 0 Å². The van der Waals surface area contributed by atoms with Gasteiger partial charge in [-0.25, -0.2) is 9.59 Å². The predicted molar refractivity (Wildman–Crippen MR) is 79.1 cm³/mol. The van der Waals surface area contributed by atoms with Gasteiger partial charge in [0.15, 0.2) is 0 Å². The first kappa shape index (κ1) is 18.4. The van der Waals surface area contributed by atoms with Crippen LogP contribution in [0.5, 0.6) is 0 Å². The van der Waals surface area contributed by atoms with Gasteiger partial charge in [-0.3, -0.25) is 0 Å². The highest BCUT2D eigenvalue weighted by molar-refractivity contribution is 5.87. The van der Waals surface area contributed by atoms with Crippen molar-refractivity contribution in [1.29, 1.82) is 0 Å². The van der Waals surface area contributed by atoms with Crippen LogP contribution in [0.25, 0.3) is 0 Å². The standard InChI is InChI=1S/C16H26O4/c1-9-13(19-14(17)10(2)3)12(6)16(7,8)20-15(18)11(4)5/h12-13H,2,4,9H2,1,3,5-8H3. The van der Waals surface area contributed by atoms with E-state index in [-0.39, 0.29) is 12.0 Å². The van der Waals surface area contributed by atoms with E-state index >= 15 is 0 Å². The third-order valence-corrected chi connectivity index (χ3v) is 3.37. The van der Waals surface area contributed by atoms with Gasteiger partial charge in [0.05, 0.1) is 0 Å². The summed E-state index contributed by atoms with van der Waals surface area (Å²) in [6.45, 7) is 17.7. The maximum Gasteiger partial charge on any atom is 0.333 e. The molecule has 0 heterocycles. The molecular weight excluding hydrogens is 256 g/mol. The Bertz CT molecular complexity index is 407. The lowest BCUT2D eigenvalue weighted by atomic mass is 9.86. The van der Waals surface area contributed by atoms with E-state index in [0.29, 0.717) is 17.6 Å². The molecule has 4 heteroatoms. The minimum absolute atomic E-state index is 0.154. The number of rotatable bonds is 7. The van der Waals surface area contributed by atoms with Crippen LogP contribution in [0.4, 0.5) is 0 Å². The number of hydrogen-bond acceptors (Lipinski definition) is 4. The van der Waals surface area contributed by atoms with Crippen LogP contribution in [0.1, 0.15) is 48.0 Å². The Morgan fingerprint density at radius 1 is 1.10 bits per heavy atom. The molecule has 0 fully saturated rings. The minimum atomic E-state index is -0.758. The zero-order valence-corrected chi connectivity index (χ0v) is 13.4. The summed E-state index contributed by atoms with van der Waals surface area (Å²) in [5, 5.41) is 0. The number of ether oxygens (including phenoxy) is 2. The van der Waals surface area contributed by atoms with Gasteiger partial charge < -0.3 is 9.47 Å². The molecule has 0 aromatic carbocycles. The maximum absolute atomic E-state index is 11.7. The van der Waals surface area contributed by atoms with Crippen LogP contribution in [0.2, 0.25) is 0 Å². The van der Waals surface area contributed by atoms with E-state index in [0.717, 1.165) is 0 Å². The van der Waals surface area contributed by atoms with Crippen molar-refractivity contribution in [2.45, 2.75) is 59.7 Å². The smallest absolute Gasteiger partial charge is 0.333 e. The molecule has 0 saturated heterocycles. The van der Waals surface area contributed by atoms with Gasteiger partial charge in [-0.05, 0) is 34.1 Å². The largest absolute Gasteiger partial charge is 0.459 e. The van der Waals surface area contributed by atoms with Crippen LogP contribution >= 0.6 is 0 Å². The summed E-state index contributed by atoms with van der Waals surface area (Å²) >= 11 is 0.